The van der Waals surface area contributed by atoms with Crippen LogP contribution in [0.3, 0.4) is 0 Å². The predicted molar refractivity (Wildman–Crippen MR) is 57.7 cm³/mol. The van der Waals surface area contributed by atoms with Gasteiger partial charge >= 0.3 is 0 Å². The van der Waals surface area contributed by atoms with Gasteiger partial charge in [-0.1, -0.05) is 61.2 Å². The molecule has 0 N–H and O–H groups in total. The van der Waals surface area contributed by atoms with Crippen LogP contribution in [-0.4, -0.2) is 0 Å². The van der Waals surface area contributed by atoms with Crippen LogP contribution >= 0.6 is 12.6 Å². The summed E-state index contributed by atoms with van der Waals surface area (Å²) in [6.07, 6.45) is 0. The van der Waals surface area contributed by atoms with E-state index < -0.39 is 0 Å². The minimum atomic E-state index is 0.911. The number of rotatable bonds is 1. The number of hydrogen-bond donors (Lipinski definition) is 0. The van der Waals surface area contributed by atoms with Crippen molar-refractivity contribution in [3.05, 3.63) is 54.6 Å². The molecule has 0 aliphatic carbocycles. The molecule has 13 heavy (non-hydrogen) atoms. The molecule has 0 aromatic heterocycles. The minimum Gasteiger partial charge on any atom is -0.0794 e. The van der Waals surface area contributed by atoms with Crippen molar-refractivity contribution in [1.82, 2.24) is 0 Å². The Hall–Kier alpha value is -1.34. The second-order valence-electron chi connectivity index (χ2n) is 2.86. The molecule has 1 radical (unpaired) electrons. The fourth-order valence-electron chi connectivity index (χ4n) is 1.32. The summed E-state index contributed by atoms with van der Waals surface area (Å²) in [4.78, 5) is 0.911. The summed E-state index contributed by atoms with van der Waals surface area (Å²) in [6, 6.07) is 18.2. The van der Waals surface area contributed by atoms with Gasteiger partial charge in [0.05, 0.1) is 0 Å². The lowest BCUT2D eigenvalue weighted by Crippen LogP contribution is -1.77. The Bertz CT molecular complexity index is 393. The average Bonchev–Trinajstić information content (AvgIpc) is 2.20. The van der Waals surface area contributed by atoms with Gasteiger partial charge in [0.25, 0.3) is 0 Å². The molecule has 2 rings (SSSR count). The van der Waals surface area contributed by atoms with Gasteiger partial charge in [-0.15, -0.1) is 0 Å². The molecule has 0 bridgehead atoms. The van der Waals surface area contributed by atoms with Crippen LogP contribution in [0.4, 0.5) is 0 Å². The van der Waals surface area contributed by atoms with Gasteiger partial charge in [-0.25, -0.2) is 0 Å². The zero-order valence-corrected chi connectivity index (χ0v) is 7.92. The quantitative estimate of drug-likeness (QED) is 0.632. The molecule has 0 aliphatic heterocycles. The van der Waals surface area contributed by atoms with Crippen molar-refractivity contribution in [3.8, 4) is 11.1 Å². The second kappa shape index (κ2) is 3.58. The molecule has 0 amide bonds. The Morgan fingerprint density at radius 1 is 0.692 bits per heavy atom. The first-order valence-corrected chi connectivity index (χ1v) is 4.60. The van der Waals surface area contributed by atoms with Gasteiger partial charge in [-0.05, 0) is 17.2 Å². The van der Waals surface area contributed by atoms with Crippen molar-refractivity contribution >= 4 is 12.6 Å². The maximum Gasteiger partial charge on any atom is 0.0455 e. The SMILES string of the molecule is [S]c1ccccc1-c1ccccc1. The highest BCUT2D eigenvalue weighted by molar-refractivity contribution is 7.80. The van der Waals surface area contributed by atoms with Crippen LogP contribution in [0.1, 0.15) is 0 Å². The van der Waals surface area contributed by atoms with Crippen molar-refractivity contribution < 1.29 is 0 Å². The van der Waals surface area contributed by atoms with Crippen LogP contribution in [-0.2, 0) is 0 Å². The standard InChI is InChI=1S/C12H9S/c13-12-9-5-4-8-11(12)10-6-2-1-3-7-10/h1-9H. The molecule has 0 unspecified atom stereocenters. The van der Waals surface area contributed by atoms with E-state index in [9.17, 15) is 0 Å². The van der Waals surface area contributed by atoms with Gasteiger partial charge in [0.2, 0.25) is 0 Å². The molecule has 0 heterocycles. The Labute approximate surface area is 83.6 Å². The molecule has 1 heteroatoms. The summed E-state index contributed by atoms with van der Waals surface area (Å²) >= 11 is 5.23. The first kappa shape index (κ1) is 8.27. The van der Waals surface area contributed by atoms with Crippen LogP contribution in [0.5, 0.6) is 0 Å². The first-order chi connectivity index (χ1) is 6.38. The topological polar surface area (TPSA) is 0 Å². The van der Waals surface area contributed by atoms with Gasteiger partial charge < -0.3 is 0 Å². The van der Waals surface area contributed by atoms with E-state index in [4.69, 9.17) is 12.6 Å². The van der Waals surface area contributed by atoms with E-state index in [1.54, 1.807) is 0 Å². The third-order valence-corrected chi connectivity index (χ3v) is 2.33. The molecule has 0 atom stereocenters. The summed E-state index contributed by atoms with van der Waals surface area (Å²) in [7, 11) is 0. The molecule has 0 aliphatic rings. The van der Waals surface area contributed by atoms with Crippen LogP contribution in [0, 0.1) is 0 Å². The summed E-state index contributed by atoms with van der Waals surface area (Å²) in [5.74, 6) is 0. The molecular weight excluding hydrogens is 176 g/mol. The normalized spacial score (nSPS) is 9.85. The Morgan fingerprint density at radius 3 is 2.00 bits per heavy atom. The third-order valence-electron chi connectivity index (χ3n) is 1.97. The Kier molecular flexibility index (Phi) is 2.28. The summed E-state index contributed by atoms with van der Waals surface area (Å²) in [5.41, 5.74) is 2.33. The smallest absolute Gasteiger partial charge is 0.0455 e. The maximum absolute atomic E-state index is 5.23. The Balaban J connectivity index is 2.54. The van der Waals surface area contributed by atoms with Crippen molar-refractivity contribution in [2.45, 2.75) is 4.90 Å². The lowest BCUT2D eigenvalue weighted by Gasteiger charge is -2.02. The first-order valence-electron chi connectivity index (χ1n) is 4.19. The zero-order chi connectivity index (χ0) is 9.10. The average molecular weight is 185 g/mol. The van der Waals surface area contributed by atoms with Gasteiger partial charge in [-0.2, -0.15) is 0 Å². The number of benzene rings is 2. The monoisotopic (exact) mass is 185 g/mol. The maximum atomic E-state index is 5.23. The minimum absolute atomic E-state index is 0.911. The predicted octanol–water partition coefficient (Wildman–Crippen LogP) is 3.91. The summed E-state index contributed by atoms with van der Waals surface area (Å²) < 4.78 is 0. The molecule has 0 fully saturated rings. The van der Waals surface area contributed by atoms with E-state index in [0.717, 1.165) is 10.5 Å². The highest BCUT2D eigenvalue weighted by Gasteiger charge is 1.99. The van der Waals surface area contributed by atoms with E-state index in [-0.39, 0.29) is 0 Å². The van der Waals surface area contributed by atoms with Crippen molar-refractivity contribution in [2.24, 2.45) is 0 Å². The van der Waals surface area contributed by atoms with Gasteiger partial charge in [0.1, 0.15) is 0 Å². The van der Waals surface area contributed by atoms with Crippen molar-refractivity contribution in [1.29, 1.82) is 0 Å². The molecule has 0 nitrogen and oxygen atoms in total. The van der Waals surface area contributed by atoms with E-state index >= 15 is 0 Å². The fraction of sp³-hybridized carbons (Fsp3) is 0. The summed E-state index contributed by atoms with van der Waals surface area (Å²) in [6.45, 7) is 0. The largest absolute Gasteiger partial charge is 0.0794 e. The third kappa shape index (κ3) is 1.70. The molecule has 0 spiro atoms. The summed E-state index contributed by atoms with van der Waals surface area (Å²) in [5, 5.41) is 0. The van der Waals surface area contributed by atoms with E-state index in [1.165, 1.54) is 5.56 Å². The van der Waals surface area contributed by atoms with E-state index in [2.05, 4.69) is 18.2 Å². The molecule has 2 aromatic carbocycles. The lowest BCUT2D eigenvalue weighted by atomic mass is 10.1. The highest BCUT2D eigenvalue weighted by atomic mass is 32.1. The molecule has 63 valence electrons. The zero-order valence-electron chi connectivity index (χ0n) is 7.10. The van der Waals surface area contributed by atoms with Crippen LogP contribution in [0.15, 0.2) is 59.5 Å². The molecule has 0 saturated heterocycles. The van der Waals surface area contributed by atoms with Crippen LogP contribution in [0.25, 0.3) is 11.1 Å². The second-order valence-corrected chi connectivity index (χ2v) is 3.30. The van der Waals surface area contributed by atoms with Gasteiger partial charge in [-0.3, -0.25) is 0 Å². The van der Waals surface area contributed by atoms with Crippen molar-refractivity contribution in [3.63, 3.8) is 0 Å². The lowest BCUT2D eigenvalue weighted by molar-refractivity contribution is 1.46. The number of hydrogen-bond acceptors (Lipinski definition) is 0. The van der Waals surface area contributed by atoms with Crippen LogP contribution in [0.2, 0.25) is 0 Å². The molecule has 2 aromatic rings. The highest BCUT2D eigenvalue weighted by Crippen LogP contribution is 2.25. The van der Waals surface area contributed by atoms with E-state index in [0.29, 0.717) is 0 Å². The van der Waals surface area contributed by atoms with Crippen LogP contribution < -0.4 is 0 Å². The van der Waals surface area contributed by atoms with Crippen molar-refractivity contribution in [2.75, 3.05) is 0 Å². The Morgan fingerprint density at radius 2 is 1.31 bits per heavy atom. The molecular formula is C12H9S. The fourth-order valence-corrected chi connectivity index (χ4v) is 1.59. The van der Waals surface area contributed by atoms with E-state index in [1.807, 2.05) is 36.4 Å². The van der Waals surface area contributed by atoms with Gasteiger partial charge in [0.15, 0.2) is 0 Å². The van der Waals surface area contributed by atoms with Gasteiger partial charge in [0, 0.05) is 4.90 Å². The molecule has 0 saturated carbocycles.